The van der Waals surface area contributed by atoms with Crippen molar-refractivity contribution < 1.29 is 5.11 Å². The van der Waals surface area contributed by atoms with Crippen molar-refractivity contribution in [2.24, 2.45) is 0 Å². The molecule has 2 rings (SSSR count). The highest BCUT2D eigenvalue weighted by Crippen LogP contribution is 2.22. The highest BCUT2D eigenvalue weighted by molar-refractivity contribution is 5.48. The Labute approximate surface area is 114 Å². The summed E-state index contributed by atoms with van der Waals surface area (Å²) < 4.78 is 0. The lowest BCUT2D eigenvalue weighted by Gasteiger charge is -2.26. The van der Waals surface area contributed by atoms with Crippen molar-refractivity contribution in [3.8, 4) is 0 Å². The number of aromatic nitrogens is 2. The molecule has 1 fully saturated rings. The summed E-state index contributed by atoms with van der Waals surface area (Å²) in [5, 5.41) is 16.2. The monoisotopic (exact) mass is 264 g/mol. The van der Waals surface area contributed by atoms with Gasteiger partial charge in [0.25, 0.3) is 0 Å². The SMILES string of the molecule is CCNc1cc(NC2CCC(O)CC2)nc(CC)n1. The van der Waals surface area contributed by atoms with Crippen LogP contribution in [0.4, 0.5) is 11.6 Å². The fourth-order valence-corrected chi connectivity index (χ4v) is 2.43. The molecule has 0 aromatic carbocycles. The van der Waals surface area contributed by atoms with Crippen LogP contribution >= 0.6 is 0 Å². The van der Waals surface area contributed by atoms with Crippen molar-refractivity contribution in [2.75, 3.05) is 17.2 Å². The maximum Gasteiger partial charge on any atom is 0.132 e. The number of aliphatic hydroxyl groups excluding tert-OH is 1. The standard InChI is InChI=1S/C14H24N4O/c1-3-12-17-13(15-4-2)9-14(18-12)16-10-5-7-11(19)8-6-10/h9-11,19H,3-8H2,1-2H3,(H2,15,16,17,18). The van der Waals surface area contributed by atoms with E-state index in [-0.39, 0.29) is 6.10 Å². The molecule has 0 saturated heterocycles. The topological polar surface area (TPSA) is 70.1 Å². The Morgan fingerprint density at radius 1 is 1.16 bits per heavy atom. The smallest absolute Gasteiger partial charge is 0.132 e. The van der Waals surface area contributed by atoms with Gasteiger partial charge < -0.3 is 15.7 Å². The first-order valence-electron chi connectivity index (χ1n) is 7.27. The molecule has 0 aliphatic heterocycles. The van der Waals surface area contributed by atoms with Crippen LogP contribution in [-0.4, -0.2) is 33.8 Å². The summed E-state index contributed by atoms with van der Waals surface area (Å²) in [6.45, 7) is 4.98. The van der Waals surface area contributed by atoms with Gasteiger partial charge in [0.1, 0.15) is 17.5 Å². The summed E-state index contributed by atoms with van der Waals surface area (Å²) in [6.07, 6.45) is 4.48. The van der Waals surface area contributed by atoms with Crippen molar-refractivity contribution in [3.05, 3.63) is 11.9 Å². The molecule has 1 heterocycles. The van der Waals surface area contributed by atoms with Crippen LogP contribution in [0.15, 0.2) is 6.07 Å². The van der Waals surface area contributed by atoms with Gasteiger partial charge in [0, 0.05) is 25.1 Å². The van der Waals surface area contributed by atoms with Crippen LogP contribution in [0.2, 0.25) is 0 Å². The van der Waals surface area contributed by atoms with Crippen LogP contribution in [0.1, 0.15) is 45.4 Å². The third-order valence-corrected chi connectivity index (χ3v) is 3.50. The van der Waals surface area contributed by atoms with E-state index in [4.69, 9.17) is 0 Å². The first-order valence-corrected chi connectivity index (χ1v) is 7.27. The molecule has 0 unspecified atom stereocenters. The van der Waals surface area contributed by atoms with Gasteiger partial charge in [-0.1, -0.05) is 6.92 Å². The van der Waals surface area contributed by atoms with E-state index in [0.29, 0.717) is 6.04 Å². The summed E-state index contributed by atoms with van der Waals surface area (Å²) in [6, 6.07) is 2.38. The van der Waals surface area contributed by atoms with E-state index in [9.17, 15) is 5.11 Å². The predicted octanol–water partition coefficient (Wildman–Crippen LogP) is 2.19. The van der Waals surface area contributed by atoms with Crippen LogP contribution in [0.5, 0.6) is 0 Å². The minimum Gasteiger partial charge on any atom is -0.393 e. The second kappa shape index (κ2) is 6.70. The third kappa shape index (κ3) is 4.06. The van der Waals surface area contributed by atoms with Crippen molar-refractivity contribution in [3.63, 3.8) is 0 Å². The molecule has 19 heavy (non-hydrogen) atoms. The molecule has 1 aromatic heterocycles. The second-order valence-corrected chi connectivity index (χ2v) is 5.09. The Hall–Kier alpha value is -1.36. The van der Waals surface area contributed by atoms with Gasteiger partial charge in [-0.3, -0.25) is 0 Å². The number of aliphatic hydroxyl groups is 1. The molecule has 0 bridgehead atoms. The number of anilines is 2. The van der Waals surface area contributed by atoms with E-state index < -0.39 is 0 Å². The molecule has 1 aromatic rings. The van der Waals surface area contributed by atoms with Gasteiger partial charge >= 0.3 is 0 Å². The summed E-state index contributed by atoms with van der Waals surface area (Å²) in [5.41, 5.74) is 0. The third-order valence-electron chi connectivity index (χ3n) is 3.50. The fraction of sp³-hybridized carbons (Fsp3) is 0.714. The van der Waals surface area contributed by atoms with Gasteiger partial charge in [-0.25, -0.2) is 9.97 Å². The molecule has 106 valence electrons. The van der Waals surface area contributed by atoms with E-state index >= 15 is 0 Å². The Balaban J connectivity index is 2.04. The summed E-state index contributed by atoms with van der Waals surface area (Å²) in [5.74, 6) is 2.63. The van der Waals surface area contributed by atoms with Crippen LogP contribution in [0.3, 0.4) is 0 Å². The molecular formula is C14H24N4O. The molecular weight excluding hydrogens is 240 g/mol. The zero-order chi connectivity index (χ0) is 13.7. The lowest BCUT2D eigenvalue weighted by molar-refractivity contribution is 0.126. The maximum absolute atomic E-state index is 9.53. The zero-order valence-corrected chi connectivity index (χ0v) is 11.8. The van der Waals surface area contributed by atoms with Crippen molar-refractivity contribution in [1.29, 1.82) is 0 Å². The van der Waals surface area contributed by atoms with E-state index in [0.717, 1.165) is 56.1 Å². The van der Waals surface area contributed by atoms with E-state index in [2.05, 4.69) is 34.4 Å². The van der Waals surface area contributed by atoms with Crippen molar-refractivity contribution in [1.82, 2.24) is 9.97 Å². The summed E-state index contributed by atoms with van der Waals surface area (Å²) in [7, 11) is 0. The molecule has 1 aliphatic carbocycles. The van der Waals surface area contributed by atoms with Crippen LogP contribution in [0, 0.1) is 0 Å². The van der Waals surface area contributed by atoms with Gasteiger partial charge in [-0.15, -0.1) is 0 Å². The summed E-state index contributed by atoms with van der Waals surface area (Å²) in [4.78, 5) is 8.97. The highest BCUT2D eigenvalue weighted by Gasteiger charge is 2.19. The van der Waals surface area contributed by atoms with E-state index in [1.165, 1.54) is 0 Å². The highest BCUT2D eigenvalue weighted by atomic mass is 16.3. The largest absolute Gasteiger partial charge is 0.393 e. The van der Waals surface area contributed by atoms with E-state index in [1.54, 1.807) is 0 Å². The quantitative estimate of drug-likeness (QED) is 0.760. The minimum atomic E-state index is -0.119. The number of hydrogen-bond acceptors (Lipinski definition) is 5. The molecule has 5 nitrogen and oxygen atoms in total. The first-order chi connectivity index (χ1) is 9.21. The second-order valence-electron chi connectivity index (χ2n) is 5.09. The average Bonchev–Trinajstić information content (AvgIpc) is 2.41. The zero-order valence-electron chi connectivity index (χ0n) is 11.8. The van der Waals surface area contributed by atoms with Gasteiger partial charge in [-0.05, 0) is 32.6 Å². The summed E-state index contributed by atoms with van der Waals surface area (Å²) >= 11 is 0. The molecule has 0 atom stereocenters. The lowest BCUT2D eigenvalue weighted by Crippen LogP contribution is -2.28. The number of nitrogens with one attached hydrogen (secondary N) is 2. The normalized spacial score (nSPS) is 23.1. The van der Waals surface area contributed by atoms with Crippen molar-refractivity contribution in [2.45, 2.75) is 58.1 Å². The maximum atomic E-state index is 9.53. The average molecular weight is 264 g/mol. The van der Waals surface area contributed by atoms with Crippen molar-refractivity contribution >= 4 is 11.6 Å². The number of aryl methyl sites for hydroxylation is 1. The Kier molecular flexibility index (Phi) is 4.96. The van der Waals surface area contributed by atoms with Gasteiger partial charge in [0.15, 0.2) is 0 Å². The molecule has 1 aliphatic rings. The first kappa shape index (κ1) is 14.1. The van der Waals surface area contributed by atoms with Crippen LogP contribution < -0.4 is 10.6 Å². The van der Waals surface area contributed by atoms with Crippen LogP contribution in [-0.2, 0) is 6.42 Å². The van der Waals surface area contributed by atoms with Gasteiger partial charge in [0.2, 0.25) is 0 Å². The van der Waals surface area contributed by atoms with E-state index in [1.807, 2.05) is 6.07 Å². The Bertz CT molecular complexity index is 402. The molecule has 0 radical (unpaired) electrons. The Morgan fingerprint density at radius 2 is 1.84 bits per heavy atom. The number of rotatable bonds is 5. The van der Waals surface area contributed by atoms with Gasteiger partial charge in [-0.2, -0.15) is 0 Å². The minimum absolute atomic E-state index is 0.119. The number of nitrogens with zero attached hydrogens (tertiary/aromatic N) is 2. The molecule has 0 amide bonds. The van der Waals surface area contributed by atoms with Gasteiger partial charge in [0.05, 0.1) is 6.10 Å². The number of hydrogen-bond donors (Lipinski definition) is 3. The molecule has 5 heteroatoms. The lowest BCUT2D eigenvalue weighted by atomic mass is 9.93. The van der Waals surface area contributed by atoms with Crippen LogP contribution in [0.25, 0.3) is 0 Å². The molecule has 0 spiro atoms. The fourth-order valence-electron chi connectivity index (χ4n) is 2.43. The molecule has 3 N–H and O–H groups in total. The predicted molar refractivity (Wildman–Crippen MR) is 77.5 cm³/mol. The molecule has 1 saturated carbocycles. The Morgan fingerprint density at radius 3 is 2.47 bits per heavy atom.